The number of hydrogen-bond acceptors (Lipinski definition) is 7. The van der Waals surface area contributed by atoms with Crippen LogP contribution in [-0.2, 0) is 4.79 Å². The monoisotopic (exact) mass is 532 g/mol. The summed E-state index contributed by atoms with van der Waals surface area (Å²) in [6, 6.07) is 3.51. The predicted molar refractivity (Wildman–Crippen MR) is 135 cm³/mol. The number of nitrogens with zero attached hydrogens (tertiary/aromatic N) is 4. The van der Waals surface area contributed by atoms with Gasteiger partial charge in [-0.25, -0.2) is 9.37 Å². The van der Waals surface area contributed by atoms with Crippen LogP contribution in [0, 0.1) is 11.7 Å². The second kappa shape index (κ2) is 9.33. The summed E-state index contributed by atoms with van der Waals surface area (Å²) >= 11 is 6.77. The summed E-state index contributed by atoms with van der Waals surface area (Å²) in [4.78, 5) is 36.1. The number of anilines is 1. The van der Waals surface area contributed by atoms with E-state index >= 15 is 0 Å². The fraction of sp³-hybridized carbons (Fsp3) is 0.500. The van der Waals surface area contributed by atoms with Crippen molar-refractivity contribution in [2.75, 3.05) is 44.3 Å². The van der Waals surface area contributed by atoms with Crippen molar-refractivity contribution in [3.63, 3.8) is 0 Å². The minimum absolute atomic E-state index is 0.0316. The van der Waals surface area contributed by atoms with Crippen molar-refractivity contribution in [3.8, 4) is 22.8 Å². The van der Waals surface area contributed by atoms with Crippen LogP contribution in [-0.4, -0.2) is 87.8 Å². The molecule has 2 aromatic rings. The molecule has 11 heteroatoms. The van der Waals surface area contributed by atoms with E-state index in [0.29, 0.717) is 32.6 Å². The van der Waals surface area contributed by atoms with Gasteiger partial charge in [0.25, 0.3) is 5.91 Å². The summed E-state index contributed by atoms with van der Waals surface area (Å²) in [5.41, 5.74) is -0.550. The molecule has 9 nitrogen and oxygen atoms in total. The van der Waals surface area contributed by atoms with Crippen LogP contribution in [0.25, 0.3) is 11.3 Å². The van der Waals surface area contributed by atoms with E-state index in [2.05, 4.69) is 0 Å². The van der Waals surface area contributed by atoms with Crippen LogP contribution < -0.4 is 9.64 Å². The number of rotatable bonds is 3. The predicted octanol–water partition coefficient (Wildman–Crippen LogP) is 2.91. The number of benzene rings is 1. The van der Waals surface area contributed by atoms with Crippen molar-refractivity contribution in [2.24, 2.45) is 5.92 Å². The summed E-state index contributed by atoms with van der Waals surface area (Å²) in [7, 11) is 0. The Bertz CT molecular complexity index is 1250. The molecule has 2 N–H and O–H groups in total. The molecule has 0 aliphatic carbocycles. The number of piperazine rings is 1. The molecule has 1 aromatic carbocycles. The molecule has 37 heavy (non-hydrogen) atoms. The minimum Gasteiger partial charge on any atom is -0.507 e. The SMILES string of the molecule is CC(=O)N1CCN2C(=O)c3c(N4CC(CO)CC4(C)C)nc(-c4c(O)cccc4F)c(Cl)c3OC[C@H]2C1. The molecular formula is C26H30ClFN4O5. The standard InChI is InChI=1S/C26H30ClFN4O5/c1-14(34)30-7-8-31-16(11-30)13-37-23-20(25(31)36)24(32-10-15(12-33)9-26(32,2)3)29-22(21(23)27)19-17(28)5-4-6-18(19)35/h4-6,15-16,33,35H,7-13H2,1-3H3/t15?,16-/m1/s1. The highest BCUT2D eigenvalue weighted by Crippen LogP contribution is 2.48. The molecule has 198 valence electrons. The number of halogens is 2. The third-order valence-electron chi connectivity index (χ3n) is 7.60. The lowest BCUT2D eigenvalue weighted by molar-refractivity contribution is -0.131. The topological polar surface area (TPSA) is 106 Å². The maximum absolute atomic E-state index is 15.0. The molecule has 0 spiro atoms. The van der Waals surface area contributed by atoms with Crippen LogP contribution in [0.15, 0.2) is 18.2 Å². The van der Waals surface area contributed by atoms with Crippen molar-refractivity contribution in [2.45, 2.75) is 38.8 Å². The lowest BCUT2D eigenvalue weighted by atomic mass is 9.96. The van der Waals surface area contributed by atoms with Crippen LogP contribution in [0.4, 0.5) is 10.2 Å². The summed E-state index contributed by atoms with van der Waals surface area (Å²) in [6.45, 7) is 6.97. The highest BCUT2D eigenvalue weighted by atomic mass is 35.5. The van der Waals surface area contributed by atoms with Gasteiger partial charge in [-0.05, 0) is 32.4 Å². The first-order valence-electron chi connectivity index (χ1n) is 12.3. The van der Waals surface area contributed by atoms with E-state index in [1.54, 1.807) is 9.80 Å². The van der Waals surface area contributed by atoms with Crippen molar-refractivity contribution < 1.29 is 28.9 Å². The molecule has 2 saturated heterocycles. The van der Waals surface area contributed by atoms with Gasteiger partial charge in [0, 0.05) is 51.2 Å². The Balaban J connectivity index is 1.72. The van der Waals surface area contributed by atoms with Crippen molar-refractivity contribution in [1.82, 2.24) is 14.8 Å². The molecule has 0 bridgehead atoms. The first-order chi connectivity index (χ1) is 17.5. The number of phenolic OH excluding ortho intramolecular Hbond substituents is 1. The number of carbonyl (C=O) groups excluding carboxylic acids is 2. The highest BCUT2D eigenvalue weighted by molar-refractivity contribution is 6.35. The number of amides is 2. The maximum atomic E-state index is 15.0. The molecule has 2 atom stereocenters. The van der Waals surface area contributed by atoms with E-state index in [1.165, 1.54) is 25.1 Å². The van der Waals surface area contributed by atoms with Crippen molar-refractivity contribution in [3.05, 3.63) is 34.6 Å². The molecule has 5 rings (SSSR count). The second-order valence-corrected chi connectivity index (χ2v) is 10.9. The molecule has 4 heterocycles. The number of aromatic hydroxyl groups is 1. The Morgan fingerprint density at radius 2 is 2.03 bits per heavy atom. The van der Waals surface area contributed by atoms with E-state index < -0.39 is 17.4 Å². The average molecular weight is 533 g/mol. The number of pyridine rings is 1. The van der Waals surface area contributed by atoms with Gasteiger partial charge >= 0.3 is 0 Å². The van der Waals surface area contributed by atoms with Gasteiger partial charge in [-0.3, -0.25) is 9.59 Å². The first kappa shape index (κ1) is 25.5. The van der Waals surface area contributed by atoms with Crippen molar-refractivity contribution >= 4 is 29.2 Å². The van der Waals surface area contributed by atoms with Gasteiger partial charge in [-0.2, -0.15) is 0 Å². The molecule has 2 fully saturated rings. The number of phenols is 1. The Morgan fingerprint density at radius 3 is 2.68 bits per heavy atom. The fourth-order valence-corrected chi connectivity index (χ4v) is 6.01. The lowest BCUT2D eigenvalue weighted by Crippen LogP contribution is -2.57. The fourth-order valence-electron chi connectivity index (χ4n) is 5.72. The van der Waals surface area contributed by atoms with E-state index in [1.807, 2.05) is 18.7 Å². The van der Waals surface area contributed by atoms with Crippen LogP contribution >= 0.6 is 11.6 Å². The van der Waals surface area contributed by atoms with E-state index in [-0.39, 0.29) is 70.1 Å². The van der Waals surface area contributed by atoms with E-state index in [0.717, 1.165) is 0 Å². The summed E-state index contributed by atoms with van der Waals surface area (Å²) in [5, 5.41) is 20.3. The Morgan fingerprint density at radius 1 is 1.27 bits per heavy atom. The summed E-state index contributed by atoms with van der Waals surface area (Å²) < 4.78 is 21.1. The minimum atomic E-state index is -0.719. The van der Waals surface area contributed by atoms with Crippen LogP contribution in [0.5, 0.6) is 11.5 Å². The third kappa shape index (κ3) is 4.25. The van der Waals surface area contributed by atoms with Crippen LogP contribution in [0.1, 0.15) is 37.6 Å². The van der Waals surface area contributed by atoms with Crippen LogP contribution in [0.2, 0.25) is 5.02 Å². The van der Waals surface area contributed by atoms with Gasteiger partial charge in [0.05, 0.1) is 11.6 Å². The number of fused-ring (bicyclic) bond motifs is 2. The lowest BCUT2D eigenvalue weighted by Gasteiger charge is -2.40. The molecule has 2 amide bonds. The molecular weight excluding hydrogens is 503 g/mol. The second-order valence-electron chi connectivity index (χ2n) is 10.5. The number of aromatic nitrogens is 1. The smallest absolute Gasteiger partial charge is 0.261 e. The molecule has 3 aliphatic rings. The quantitative estimate of drug-likeness (QED) is 0.626. The average Bonchev–Trinajstić information content (AvgIpc) is 3.08. The van der Waals surface area contributed by atoms with Gasteiger partial charge in [0.2, 0.25) is 5.91 Å². The summed E-state index contributed by atoms with van der Waals surface area (Å²) in [6.07, 6.45) is 0.651. The molecule has 1 aromatic heterocycles. The molecule has 0 saturated carbocycles. The number of aliphatic hydroxyl groups is 1. The number of ether oxygens (including phenoxy) is 1. The van der Waals surface area contributed by atoms with E-state index in [4.69, 9.17) is 21.3 Å². The Labute approximate surface area is 219 Å². The maximum Gasteiger partial charge on any atom is 0.261 e. The Kier molecular flexibility index (Phi) is 6.44. The largest absolute Gasteiger partial charge is 0.507 e. The highest BCUT2D eigenvalue weighted by Gasteiger charge is 2.45. The van der Waals surface area contributed by atoms with Gasteiger partial charge < -0.3 is 29.6 Å². The van der Waals surface area contributed by atoms with Crippen LogP contribution in [0.3, 0.4) is 0 Å². The molecule has 3 aliphatic heterocycles. The molecule has 1 unspecified atom stereocenters. The van der Waals surface area contributed by atoms with Gasteiger partial charge in [0.15, 0.2) is 5.75 Å². The van der Waals surface area contributed by atoms with Gasteiger partial charge in [-0.15, -0.1) is 0 Å². The normalized spacial score (nSPS) is 22.9. The van der Waals surface area contributed by atoms with Gasteiger partial charge in [0.1, 0.15) is 40.3 Å². The third-order valence-corrected chi connectivity index (χ3v) is 7.95. The van der Waals surface area contributed by atoms with E-state index in [9.17, 15) is 24.2 Å². The zero-order valence-corrected chi connectivity index (χ0v) is 21.8. The number of aliphatic hydroxyl groups excluding tert-OH is 1. The van der Waals surface area contributed by atoms with Gasteiger partial charge in [-0.1, -0.05) is 17.7 Å². The van der Waals surface area contributed by atoms with Crippen molar-refractivity contribution in [1.29, 1.82) is 0 Å². The summed E-state index contributed by atoms with van der Waals surface area (Å²) in [5.74, 6) is -1.20. The number of hydrogen-bond donors (Lipinski definition) is 2. The number of carbonyl (C=O) groups is 2. The Hall–Kier alpha value is -3.11. The zero-order valence-electron chi connectivity index (χ0n) is 21.0. The first-order valence-corrected chi connectivity index (χ1v) is 12.7. The molecule has 0 radical (unpaired) electrons. The zero-order chi connectivity index (χ0) is 26.6.